The number of rotatable bonds is 7. The largest absolute Gasteiger partial charge is 0.416 e. The summed E-state index contributed by atoms with van der Waals surface area (Å²) >= 11 is 0. The van der Waals surface area contributed by atoms with E-state index in [9.17, 15) is 22.8 Å². The molecule has 0 heterocycles. The maximum atomic E-state index is 12.7. The van der Waals surface area contributed by atoms with Crippen molar-refractivity contribution in [3.8, 4) is 0 Å². The third-order valence-corrected chi connectivity index (χ3v) is 4.52. The number of anilines is 1. The normalized spacial score (nSPS) is 11.2. The second-order valence-corrected chi connectivity index (χ2v) is 6.59. The van der Waals surface area contributed by atoms with Gasteiger partial charge < -0.3 is 15.0 Å². The number of carbonyl (C=O) groups excluding carboxylic acids is 2. The monoisotopic (exact) mass is 408 g/mol. The number of nitrogens with zero attached hydrogens (tertiary/aromatic N) is 1. The Morgan fingerprint density at radius 3 is 2.31 bits per heavy atom. The van der Waals surface area contributed by atoms with Crippen LogP contribution in [-0.2, 0) is 15.7 Å². The molecule has 0 aliphatic carbocycles. The van der Waals surface area contributed by atoms with E-state index >= 15 is 0 Å². The molecule has 2 amide bonds. The number of nitrogens with one attached hydrogen (secondary N) is 1. The van der Waals surface area contributed by atoms with Crippen molar-refractivity contribution in [2.75, 3.05) is 32.1 Å². The molecule has 0 saturated heterocycles. The summed E-state index contributed by atoms with van der Waals surface area (Å²) in [5.74, 6) is -0.957. The average Bonchev–Trinajstić information content (AvgIpc) is 2.67. The Hall–Kier alpha value is -2.87. The van der Waals surface area contributed by atoms with Crippen LogP contribution in [0.15, 0.2) is 42.5 Å². The number of benzene rings is 2. The SMILES string of the molecule is COCCN(CC(=O)Nc1cccc(C)c1C)C(=O)c1ccc(C(F)(F)F)cc1. The van der Waals surface area contributed by atoms with E-state index in [1.54, 1.807) is 6.07 Å². The second kappa shape index (κ2) is 9.56. The topological polar surface area (TPSA) is 58.6 Å². The van der Waals surface area contributed by atoms with E-state index in [1.807, 2.05) is 26.0 Å². The number of amides is 2. The highest BCUT2D eigenvalue weighted by atomic mass is 19.4. The van der Waals surface area contributed by atoms with Crippen LogP contribution in [0.5, 0.6) is 0 Å². The molecule has 0 unspecified atom stereocenters. The van der Waals surface area contributed by atoms with E-state index in [1.165, 1.54) is 12.0 Å². The van der Waals surface area contributed by atoms with Gasteiger partial charge in [-0.25, -0.2) is 0 Å². The summed E-state index contributed by atoms with van der Waals surface area (Å²) in [4.78, 5) is 26.4. The molecule has 156 valence electrons. The zero-order valence-corrected chi connectivity index (χ0v) is 16.5. The highest BCUT2D eigenvalue weighted by Crippen LogP contribution is 2.29. The zero-order valence-electron chi connectivity index (χ0n) is 16.5. The quantitative estimate of drug-likeness (QED) is 0.752. The lowest BCUT2D eigenvalue weighted by Crippen LogP contribution is -2.40. The predicted molar refractivity (Wildman–Crippen MR) is 104 cm³/mol. The Kier molecular flexibility index (Phi) is 7.39. The van der Waals surface area contributed by atoms with Crippen molar-refractivity contribution in [1.29, 1.82) is 0 Å². The Morgan fingerprint density at radius 1 is 1.07 bits per heavy atom. The van der Waals surface area contributed by atoms with Crippen LogP contribution >= 0.6 is 0 Å². The number of hydrogen-bond donors (Lipinski definition) is 1. The Labute approximate surface area is 167 Å². The first-order chi connectivity index (χ1) is 13.6. The minimum Gasteiger partial charge on any atom is -0.383 e. The molecule has 2 aromatic rings. The van der Waals surface area contributed by atoms with E-state index in [2.05, 4.69) is 5.32 Å². The van der Waals surface area contributed by atoms with Gasteiger partial charge in [0.25, 0.3) is 5.91 Å². The number of aryl methyl sites for hydroxylation is 1. The molecule has 8 heteroatoms. The van der Waals surface area contributed by atoms with Gasteiger partial charge in [0.05, 0.1) is 12.2 Å². The van der Waals surface area contributed by atoms with E-state index in [0.29, 0.717) is 5.69 Å². The number of methoxy groups -OCH3 is 1. The molecule has 0 aromatic heterocycles. The first kappa shape index (κ1) is 22.4. The smallest absolute Gasteiger partial charge is 0.383 e. The van der Waals surface area contributed by atoms with Gasteiger partial charge in [-0.1, -0.05) is 12.1 Å². The lowest BCUT2D eigenvalue weighted by molar-refractivity contribution is -0.137. The van der Waals surface area contributed by atoms with Crippen LogP contribution < -0.4 is 5.32 Å². The van der Waals surface area contributed by atoms with Gasteiger partial charge in [-0.15, -0.1) is 0 Å². The summed E-state index contributed by atoms with van der Waals surface area (Å²) in [6.07, 6.45) is -4.48. The highest BCUT2D eigenvalue weighted by Gasteiger charge is 2.30. The maximum Gasteiger partial charge on any atom is 0.416 e. The Bertz CT molecular complexity index is 864. The summed E-state index contributed by atoms with van der Waals surface area (Å²) in [5.41, 5.74) is 1.79. The average molecular weight is 408 g/mol. The molecular weight excluding hydrogens is 385 g/mol. The molecule has 0 radical (unpaired) electrons. The Morgan fingerprint density at radius 2 is 1.72 bits per heavy atom. The molecule has 0 fully saturated rings. The number of alkyl halides is 3. The van der Waals surface area contributed by atoms with Crippen molar-refractivity contribution >= 4 is 17.5 Å². The second-order valence-electron chi connectivity index (χ2n) is 6.59. The van der Waals surface area contributed by atoms with Crippen molar-refractivity contribution in [3.05, 3.63) is 64.7 Å². The van der Waals surface area contributed by atoms with Crippen LogP contribution in [0.4, 0.5) is 18.9 Å². The molecule has 1 N–H and O–H groups in total. The molecule has 2 rings (SSSR count). The maximum absolute atomic E-state index is 12.7. The highest BCUT2D eigenvalue weighted by molar-refractivity contribution is 5.99. The zero-order chi connectivity index (χ0) is 21.6. The van der Waals surface area contributed by atoms with Crippen LogP contribution in [0.3, 0.4) is 0 Å². The molecule has 29 heavy (non-hydrogen) atoms. The molecule has 0 spiro atoms. The van der Waals surface area contributed by atoms with Gasteiger partial charge in [0, 0.05) is 24.9 Å². The summed E-state index contributed by atoms with van der Waals surface area (Å²) < 4.78 is 43.1. The molecule has 0 bridgehead atoms. The van der Waals surface area contributed by atoms with Crippen LogP contribution in [-0.4, -0.2) is 43.5 Å². The fraction of sp³-hybridized carbons (Fsp3) is 0.333. The van der Waals surface area contributed by atoms with Gasteiger partial charge in [-0.05, 0) is 55.3 Å². The molecule has 2 aromatic carbocycles. The van der Waals surface area contributed by atoms with Crippen molar-refractivity contribution < 1.29 is 27.5 Å². The predicted octanol–water partition coefficient (Wildman–Crippen LogP) is 4.05. The van der Waals surface area contributed by atoms with E-state index in [-0.39, 0.29) is 25.3 Å². The number of ether oxygens (including phenoxy) is 1. The first-order valence-electron chi connectivity index (χ1n) is 8.95. The molecule has 0 atom stereocenters. The van der Waals surface area contributed by atoms with Gasteiger partial charge in [0.2, 0.25) is 5.91 Å². The fourth-order valence-electron chi connectivity index (χ4n) is 2.69. The van der Waals surface area contributed by atoms with E-state index < -0.39 is 23.6 Å². The van der Waals surface area contributed by atoms with Crippen molar-refractivity contribution in [3.63, 3.8) is 0 Å². The standard InChI is InChI=1S/C21H23F3N2O3/c1-14-5-4-6-18(15(14)2)25-19(27)13-26(11-12-29-3)20(28)16-7-9-17(10-8-16)21(22,23)24/h4-10H,11-13H2,1-3H3,(H,25,27). The van der Waals surface area contributed by atoms with Crippen molar-refractivity contribution in [1.82, 2.24) is 4.90 Å². The van der Waals surface area contributed by atoms with E-state index in [0.717, 1.165) is 35.4 Å². The van der Waals surface area contributed by atoms with Crippen LogP contribution in [0, 0.1) is 13.8 Å². The number of halogens is 3. The third kappa shape index (κ3) is 6.05. The van der Waals surface area contributed by atoms with Gasteiger partial charge in [-0.2, -0.15) is 13.2 Å². The fourth-order valence-corrected chi connectivity index (χ4v) is 2.69. The van der Waals surface area contributed by atoms with Crippen molar-refractivity contribution in [2.24, 2.45) is 0 Å². The summed E-state index contributed by atoms with van der Waals surface area (Å²) in [7, 11) is 1.46. The third-order valence-electron chi connectivity index (χ3n) is 4.52. The van der Waals surface area contributed by atoms with Crippen LogP contribution in [0.25, 0.3) is 0 Å². The van der Waals surface area contributed by atoms with E-state index in [4.69, 9.17) is 4.74 Å². The van der Waals surface area contributed by atoms with Gasteiger partial charge in [0.1, 0.15) is 6.54 Å². The lowest BCUT2D eigenvalue weighted by Gasteiger charge is -2.22. The Balaban J connectivity index is 2.14. The number of hydrogen-bond acceptors (Lipinski definition) is 3. The minimum atomic E-state index is -4.48. The lowest BCUT2D eigenvalue weighted by atomic mass is 10.1. The molecule has 0 aliphatic heterocycles. The van der Waals surface area contributed by atoms with Gasteiger partial charge >= 0.3 is 6.18 Å². The minimum absolute atomic E-state index is 0.0636. The van der Waals surface area contributed by atoms with Crippen LogP contribution in [0.1, 0.15) is 27.0 Å². The van der Waals surface area contributed by atoms with Crippen molar-refractivity contribution in [2.45, 2.75) is 20.0 Å². The summed E-state index contributed by atoms with van der Waals surface area (Å²) in [5, 5.41) is 2.77. The summed E-state index contributed by atoms with van der Waals surface area (Å²) in [6.45, 7) is 3.85. The van der Waals surface area contributed by atoms with Crippen LogP contribution in [0.2, 0.25) is 0 Å². The first-order valence-corrected chi connectivity index (χ1v) is 8.95. The molecule has 5 nitrogen and oxygen atoms in total. The summed E-state index contributed by atoms with van der Waals surface area (Å²) in [6, 6.07) is 9.40. The molecular formula is C21H23F3N2O3. The molecule has 0 saturated carbocycles. The number of carbonyl (C=O) groups is 2. The molecule has 0 aliphatic rings. The van der Waals surface area contributed by atoms with Gasteiger partial charge in [0.15, 0.2) is 0 Å². The van der Waals surface area contributed by atoms with Gasteiger partial charge in [-0.3, -0.25) is 9.59 Å².